The van der Waals surface area contributed by atoms with Gasteiger partial charge in [0.1, 0.15) is 0 Å². The molecule has 0 bridgehead atoms. The Kier molecular flexibility index (Phi) is 4.29. The normalized spacial score (nSPS) is 10.4. The van der Waals surface area contributed by atoms with Crippen LogP contribution in [0.4, 0.5) is 13.2 Å². The van der Waals surface area contributed by atoms with Gasteiger partial charge in [-0.1, -0.05) is 18.2 Å². The van der Waals surface area contributed by atoms with Crippen molar-refractivity contribution in [1.29, 1.82) is 0 Å². The number of carbonyl (C=O) groups is 1. The summed E-state index contributed by atoms with van der Waals surface area (Å²) >= 11 is 0. The van der Waals surface area contributed by atoms with E-state index in [1.807, 2.05) is 0 Å². The Morgan fingerprint density at radius 3 is 2.14 bits per heavy atom. The van der Waals surface area contributed by atoms with Crippen molar-refractivity contribution in [1.82, 2.24) is 5.32 Å². The van der Waals surface area contributed by atoms with E-state index in [1.54, 1.807) is 30.3 Å². The molecule has 0 radical (unpaired) electrons. The van der Waals surface area contributed by atoms with Gasteiger partial charge in [-0.15, -0.1) is 0 Å². The number of alkyl halides is 3. The van der Waals surface area contributed by atoms with Gasteiger partial charge in [0, 0.05) is 17.2 Å². The predicted octanol–water partition coefficient (Wildman–Crippen LogP) is 3.44. The first-order valence-electron chi connectivity index (χ1n) is 6.00. The lowest BCUT2D eigenvalue weighted by atomic mass is 10.1. The molecule has 2 nitrogen and oxygen atoms in total. The highest BCUT2D eigenvalue weighted by molar-refractivity contribution is 5.95. The Labute approximate surface area is 119 Å². The molecule has 0 saturated heterocycles. The van der Waals surface area contributed by atoms with Crippen LogP contribution in [0.2, 0.25) is 0 Å². The number of hydrogen-bond donors (Lipinski definition) is 1. The molecule has 2 aromatic rings. The molecule has 0 aliphatic rings. The van der Waals surface area contributed by atoms with Gasteiger partial charge < -0.3 is 0 Å². The lowest BCUT2D eigenvalue weighted by molar-refractivity contribution is -0.137. The van der Waals surface area contributed by atoms with Crippen LogP contribution in [0, 0.1) is 12.0 Å². The summed E-state index contributed by atoms with van der Waals surface area (Å²) in [6.07, 6.45) is -4.37. The Hall–Kier alpha value is -2.74. The summed E-state index contributed by atoms with van der Waals surface area (Å²) in [6, 6.07) is 15.3. The van der Waals surface area contributed by atoms with Gasteiger partial charge in [0.25, 0.3) is 5.91 Å². The maximum absolute atomic E-state index is 12.4. The lowest BCUT2D eigenvalue weighted by Gasteiger charge is -2.05. The topological polar surface area (TPSA) is 29.1 Å². The summed E-state index contributed by atoms with van der Waals surface area (Å²) in [6.45, 7) is 0. The zero-order chi connectivity index (χ0) is 15.3. The van der Waals surface area contributed by atoms with Gasteiger partial charge in [-0.25, -0.2) is 0 Å². The highest BCUT2D eigenvalue weighted by Gasteiger charge is 2.29. The molecule has 0 saturated carbocycles. The third-order valence-corrected chi connectivity index (χ3v) is 2.63. The van der Waals surface area contributed by atoms with E-state index in [-0.39, 0.29) is 5.91 Å². The second-order valence-corrected chi connectivity index (χ2v) is 4.15. The zero-order valence-electron chi connectivity index (χ0n) is 10.7. The van der Waals surface area contributed by atoms with E-state index in [1.165, 1.54) is 12.1 Å². The van der Waals surface area contributed by atoms with Crippen molar-refractivity contribution >= 4 is 5.91 Å². The third-order valence-electron chi connectivity index (χ3n) is 2.63. The van der Waals surface area contributed by atoms with Crippen LogP contribution in [0.1, 0.15) is 21.5 Å². The monoisotopic (exact) mass is 289 g/mol. The molecule has 0 unspecified atom stereocenters. The molecular formula is C16H10F3NO. The highest BCUT2D eigenvalue weighted by Crippen LogP contribution is 2.28. The van der Waals surface area contributed by atoms with Gasteiger partial charge in [-0.3, -0.25) is 10.1 Å². The molecule has 0 heterocycles. The molecule has 2 rings (SSSR count). The highest BCUT2D eigenvalue weighted by atomic mass is 19.4. The summed E-state index contributed by atoms with van der Waals surface area (Å²) in [4.78, 5) is 11.7. The van der Waals surface area contributed by atoms with E-state index in [0.717, 1.165) is 12.1 Å². The van der Waals surface area contributed by atoms with Crippen molar-refractivity contribution < 1.29 is 18.0 Å². The Morgan fingerprint density at radius 2 is 1.57 bits per heavy atom. The van der Waals surface area contributed by atoms with Gasteiger partial charge in [-0.05, 0) is 42.3 Å². The average Bonchev–Trinajstić information content (AvgIpc) is 2.47. The van der Waals surface area contributed by atoms with Crippen LogP contribution in [0.5, 0.6) is 0 Å². The Bertz CT molecular complexity index is 679. The minimum absolute atomic E-state index is 0.366. The van der Waals surface area contributed by atoms with Crippen molar-refractivity contribution in [3.63, 3.8) is 0 Å². The standard InChI is InChI=1S/C16H10F3NO/c17-16(18,19)14-8-6-12(7-9-14)10-11-20-15(21)13-4-2-1-3-5-13/h1-9H,(H,20,21). The molecule has 106 valence electrons. The molecule has 0 atom stereocenters. The number of benzene rings is 2. The molecule has 1 amide bonds. The number of hydrogen-bond acceptors (Lipinski definition) is 1. The van der Waals surface area contributed by atoms with Gasteiger partial charge in [-0.2, -0.15) is 13.2 Å². The number of carbonyl (C=O) groups excluding carboxylic acids is 1. The first-order valence-corrected chi connectivity index (χ1v) is 6.00. The fourth-order valence-electron chi connectivity index (χ4n) is 1.56. The summed E-state index contributed by atoms with van der Waals surface area (Å²) in [5, 5.41) is 2.37. The van der Waals surface area contributed by atoms with E-state index >= 15 is 0 Å². The zero-order valence-corrected chi connectivity index (χ0v) is 10.7. The van der Waals surface area contributed by atoms with Crippen molar-refractivity contribution in [2.24, 2.45) is 0 Å². The quantitative estimate of drug-likeness (QED) is 0.632. The molecule has 2 aromatic carbocycles. The largest absolute Gasteiger partial charge is 0.416 e. The van der Waals surface area contributed by atoms with Crippen LogP contribution in [-0.4, -0.2) is 5.91 Å². The number of amides is 1. The van der Waals surface area contributed by atoms with Crippen molar-refractivity contribution in [2.75, 3.05) is 0 Å². The van der Waals surface area contributed by atoms with Crippen LogP contribution in [-0.2, 0) is 6.18 Å². The van der Waals surface area contributed by atoms with Crippen LogP contribution >= 0.6 is 0 Å². The molecule has 21 heavy (non-hydrogen) atoms. The fourth-order valence-corrected chi connectivity index (χ4v) is 1.56. The number of rotatable bonds is 1. The summed E-state index contributed by atoms with van der Waals surface area (Å²) < 4.78 is 37.1. The van der Waals surface area contributed by atoms with Gasteiger partial charge in [0.15, 0.2) is 0 Å². The molecule has 0 aliphatic heterocycles. The molecule has 1 N–H and O–H groups in total. The first-order chi connectivity index (χ1) is 9.97. The van der Waals surface area contributed by atoms with E-state index in [9.17, 15) is 18.0 Å². The van der Waals surface area contributed by atoms with Gasteiger partial charge >= 0.3 is 6.18 Å². The molecular weight excluding hydrogens is 279 g/mol. The molecule has 0 fully saturated rings. The van der Waals surface area contributed by atoms with E-state index in [4.69, 9.17) is 0 Å². The van der Waals surface area contributed by atoms with Crippen LogP contribution < -0.4 is 5.32 Å². The number of halogens is 3. The Balaban J connectivity index is 2.02. The van der Waals surface area contributed by atoms with Crippen LogP contribution in [0.25, 0.3) is 0 Å². The van der Waals surface area contributed by atoms with Crippen molar-refractivity contribution in [3.8, 4) is 12.0 Å². The van der Waals surface area contributed by atoms with Gasteiger partial charge in [0.05, 0.1) is 5.56 Å². The maximum atomic E-state index is 12.4. The average molecular weight is 289 g/mol. The summed E-state index contributed by atoms with van der Waals surface area (Å²) in [5.41, 5.74) is 0.108. The third kappa shape index (κ3) is 4.11. The minimum atomic E-state index is -4.37. The molecule has 5 heteroatoms. The van der Waals surface area contributed by atoms with Crippen LogP contribution in [0.3, 0.4) is 0 Å². The molecule has 0 aliphatic carbocycles. The SMILES string of the molecule is O=C(NC#Cc1ccc(C(F)(F)F)cc1)c1ccccc1. The van der Waals surface area contributed by atoms with E-state index in [2.05, 4.69) is 17.3 Å². The van der Waals surface area contributed by atoms with Crippen LogP contribution in [0.15, 0.2) is 54.6 Å². The molecule has 0 aromatic heterocycles. The summed E-state index contributed by atoms with van der Waals surface area (Å²) in [7, 11) is 0. The molecule has 0 spiro atoms. The smallest absolute Gasteiger partial charge is 0.281 e. The first kappa shape index (κ1) is 14.7. The van der Waals surface area contributed by atoms with Crippen molar-refractivity contribution in [3.05, 3.63) is 71.3 Å². The van der Waals surface area contributed by atoms with E-state index < -0.39 is 11.7 Å². The Morgan fingerprint density at radius 1 is 0.952 bits per heavy atom. The number of nitrogens with one attached hydrogen (secondary N) is 1. The second-order valence-electron chi connectivity index (χ2n) is 4.15. The van der Waals surface area contributed by atoms with Crippen molar-refractivity contribution in [2.45, 2.75) is 6.18 Å². The van der Waals surface area contributed by atoms with Gasteiger partial charge in [0.2, 0.25) is 0 Å². The summed E-state index contributed by atoms with van der Waals surface area (Å²) in [5.74, 6) is 2.21. The minimum Gasteiger partial charge on any atom is -0.281 e. The maximum Gasteiger partial charge on any atom is 0.416 e. The van der Waals surface area contributed by atoms with E-state index in [0.29, 0.717) is 11.1 Å². The fraction of sp³-hybridized carbons (Fsp3) is 0.0625. The predicted molar refractivity (Wildman–Crippen MR) is 72.2 cm³/mol. The lowest BCUT2D eigenvalue weighted by Crippen LogP contribution is -2.17. The second kappa shape index (κ2) is 6.14.